The van der Waals surface area contributed by atoms with Gasteiger partial charge in [0.2, 0.25) is 6.79 Å². The lowest BCUT2D eigenvalue weighted by molar-refractivity contribution is 0.00578. The van der Waals surface area contributed by atoms with Crippen molar-refractivity contribution in [1.29, 1.82) is 0 Å². The second-order valence-electron chi connectivity index (χ2n) is 7.91. The molecule has 6 heteroatoms. The van der Waals surface area contributed by atoms with E-state index in [1.807, 2.05) is 39.8 Å². The van der Waals surface area contributed by atoms with E-state index in [0.29, 0.717) is 11.7 Å². The Hall–Kier alpha value is -1.40. The first-order chi connectivity index (χ1) is 11.4. The van der Waals surface area contributed by atoms with E-state index < -0.39 is 18.3 Å². The van der Waals surface area contributed by atoms with Gasteiger partial charge < -0.3 is 23.5 Å². The minimum Gasteiger partial charge on any atom is -0.494 e. The van der Waals surface area contributed by atoms with E-state index in [1.54, 1.807) is 0 Å². The number of rotatable bonds is 4. The predicted molar refractivity (Wildman–Crippen MR) is 91.1 cm³/mol. The summed E-state index contributed by atoms with van der Waals surface area (Å²) in [4.78, 5) is 0. The molecular weight excluding hydrogens is 307 g/mol. The molecule has 0 unspecified atom stereocenters. The highest BCUT2D eigenvalue weighted by molar-refractivity contribution is 6.64. The Kier molecular flexibility index (Phi) is 3.73. The molecular formula is C18H25BO5. The van der Waals surface area contributed by atoms with Crippen LogP contribution in [0.25, 0.3) is 0 Å². The molecule has 0 bridgehead atoms. The number of ether oxygens (including phenoxy) is 3. The van der Waals surface area contributed by atoms with Gasteiger partial charge in [-0.1, -0.05) is 6.42 Å². The van der Waals surface area contributed by atoms with Gasteiger partial charge in [0, 0.05) is 0 Å². The zero-order valence-corrected chi connectivity index (χ0v) is 14.9. The van der Waals surface area contributed by atoms with Gasteiger partial charge in [-0.3, -0.25) is 0 Å². The van der Waals surface area contributed by atoms with E-state index in [9.17, 15) is 0 Å². The fraction of sp³-hybridized carbons (Fsp3) is 0.667. The summed E-state index contributed by atoms with van der Waals surface area (Å²) in [6.07, 6.45) is 3.80. The van der Waals surface area contributed by atoms with Crippen LogP contribution in [0.15, 0.2) is 12.1 Å². The second-order valence-corrected chi connectivity index (χ2v) is 7.91. The van der Waals surface area contributed by atoms with Crippen LogP contribution in [0.1, 0.15) is 47.0 Å². The van der Waals surface area contributed by atoms with Crippen LogP contribution < -0.4 is 19.7 Å². The van der Waals surface area contributed by atoms with E-state index >= 15 is 0 Å². The summed E-state index contributed by atoms with van der Waals surface area (Å²) >= 11 is 0. The number of hydrogen-bond acceptors (Lipinski definition) is 5. The second kappa shape index (κ2) is 5.56. The molecule has 4 rings (SSSR count). The van der Waals surface area contributed by atoms with Gasteiger partial charge in [-0.05, 0) is 58.6 Å². The molecule has 5 nitrogen and oxygen atoms in total. The normalized spacial score (nSPS) is 24.1. The third-order valence-electron chi connectivity index (χ3n) is 5.73. The summed E-state index contributed by atoms with van der Waals surface area (Å²) in [7, 11) is -0.525. The molecule has 0 radical (unpaired) electrons. The van der Waals surface area contributed by atoms with E-state index in [-0.39, 0.29) is 6.79 Å². The lowest BCUT2D eigenvalue weighted by atomic mass is 9.77. The molecule has 2 fully saturated rings. The maximum Gasteiger partial charge on any atom is 0.502 e. The molecule has 1 aliphatic carbocycles. The van der Waals surface area contributed by atoms with Gasteiger partial charge >= 0.3 is 7.12 Å². The Morgan fingerprint density at radius 3 is 2.42 bits per heavy atom. The van der Waals surface area contributed by atoms with Crippen LogP contribution in [-0.2, 0) is 9.31 Å². The van der Waals surface area contributed by atoms with E-state index in [1.165, 1.54) is 19.3 Å². The van der Waals surface area contributed by atoms with Crippen molar-refractivity contribution in [3.63, 3.8) is 0 Å². The molecule has 0 N–H and O–H groups in total. The van der Waals surface area contributed by atoms with Crippen molar-refractivity contribution >= 4 is 12.6 Å². The lowest BCUT2D eigenvalue weighted by Crippen LogP contribution is -2.41. The Morgan fingerprint density at radius 1 is 1.08 bits per heavy atom. The standard InChI is InChI=1S/C18H25BO5/c1-17(2)18(3,4)24-19(23-17)15-13(20-10-12-6-5-7-12)8-9-14-16(15)22-11-21-14/h8-9,12H,5-7,10-11H2,1-4H3. The van der Waals surface area contributed by atoms with Gasteiger partial charge in [-0.15, -0.1) is 0 Å². The smallest absolute Gasteiger partial charge is 0.494 e. The maximum absolute atomic E-state index is 6.23. The van der Waals surface area contributed by atoms with Crippen LogP contribution in [0.4, 0.5) is 0 Å². The third kappa shape index (κ3) is 2.56. The number of fused-ring (bicyclic) bond motifs is 1. The molecule has 0 amide bonds. The molecule has 0 aromatic heterocycles. The van der Waals surface area contributed by atoms with Crippen LogP contribution in [0.5, 0.6) is 17.2 Å². The SMILES string of the molecule is CC1(C)OB(c2c(OCC3CCC3)ccc3c2OCO3)OC1(C)C. The molecule has 1 saturated heterocycles. The first-order valence-corrected chi connectivity index (χ1v) is 8.78. The van der Waals surface area contributed by atoms with Crippen molar-refractivity contribution in [2.24, 2.45) is 5.92 Å². The Balaban J connectivity index is 1.66. The highest BCUT2D eigenvalue weighted by atomic mass is 16.7. The average Bonchev–Trinajstić information content (AvgIpc) is 2.99. The van der Waals surface area contributed by atoms with Crippen molar-refractivity contribution in [2.45, 2.75) is 58.2 Å². The van der Waals surface area contributed by atoms with Gasteiger partial charge in [0.25, 0.3) is 0 Å². The summed E-state index contributed by atoms with van der Waals surface area (Å²) in [5.41, 5.74) is -0.0149. The van der Waals surface area contributed by atoms with Crippen molar-refractivity contribution in [3.8, 4) is 17.2 Å². The van der Waals surface area contributed by atoms with E-state index in [4.69, 9.17) is 23.5 Å². The molecule has 0 spiro atoms. The molecule has 1 saturated carbocycles. The zero-order valence-electron chi connectivity index (χ0n) is 14.9. The summed E-state index contributed by atoms with van der Waals surface area (Å²) in [6, 6.07) is 3.83. The fourth-order valence-corrected chi connectivity index (χ4v) is 3.15. The lowest BCUT2D eigenvalue weighted by Gasteiger charge is -2.32. The van der Waals surface area contributed by atoms with Gasteiger partial charge in [0.1, 0.15) is 5.75 Å². The van der Waals surface area contributed by atoms with Crippen LogP contribution >= 0.6 is 0 Å². The molecule has 2 heterocycles. The number of hydrogen-bond donors (Lipinski definition) is 0. The van der Waals surface area contributed by atoms with Gasteiger partial charge in [-0.25, -0.2) is 0 Å². The minimum absolute atomic E-state index is 0.216. The summed E-state index contributed by atoms with van der Waals surface area (Å²) in [6.45, 7) is 9.12. The Morgan fingerprint density at radius 2 is 1.79 bits per heavy atom. The first-order valence-electron chi connectivity index (χ1n) is 8.78. The molecule has 3 aliphatic rings. The summed E-state index contributed by atoms with van der Waals surface area (Å²) in [5.74, 6) is 2.82. The molecule has 1 aromatic rings. The monoisotopic (exact) mass is 332 g/mol. The third-order valence-corrected chi connectivity index (χ3v) is 5.73. The van der Waals surface area contributed by atoms with Crippen molar-refractivity contribution in [1.82, 2.24) is 0 Å². The van der Waals surface area contributed by atoms with Crippen LogP contribution in [0, 0.1) is 5.92 Å². The molecule has 0 atom stereocenters. The molecule has 2 aliphatic heterocycles. The van der Waals surface area contributed by atoms with Crippen LogP contribution in [-0.4, -0.2) is 31.7 Å². The zero-order chi connectivity index (χ0) is 16.9. The molecule has 24 heavy (non-hydrogen) atoms. The van der Waals surface area contributed by atoms with Crippen molar-refractivity contribution < 1.29 is 23.5 Å². The topological polar surface area (TPSA) is 46.2 Å². The van der Waals surface area contributed by atoms with Crippen LogP contribution in [0.2, 0.25) is 0 Å². The first kappa shape index (κ1) is 16.1. The minimum atomic E-state index is -0.525. The average molecular weight is 332 g/mol. The van der Waals surface area contributed by atoms with E-state index in [0.717, 1.165) is 23.6 Å². The molecule has 1 aromatic carbocycles. The molecule has 130 valence electrons. The highest BCUT2D eigenvalue weighted by Crippen LogP contribution is 2.41. The quantitative estimate of drug-likeness (QED) is 0.794. The maximum atomic E-state index is 6.23. The Bertz CT molecular complexity index is 623. The summed E-state index contributed by atoms with van der Waals surface area (Å²) in [5, 5.41) is 0. The largest absolute Gasteiger partial charge is 0.502 e. The van der Waals surface area contributed by atoms with E-state index in [2.05, 4.69) is 0 Å². The van der Waals surface area contributed by atoms with Gasteiger partial charge in [0.05, 0.1) is 23.3 Å². The van der Waals surface area contributed by atoms with Gasteiger partial charge in [-0.2, -0.15) is 0 Å². The summed E-state index contributed by atoms with van der Waals surface area (Å²) < 4.78 is 29.8. The van der Waals surface area contributed by atoms with Crippen molar-refractivity contribution in [3.05, 3.63) is 12.1 Å². The fourth-order valence-electron chi connectivity index (χ4n) is 3.15. The number of benzene rings is 1. The highest BCUT2D eigenvalue weighted by Gasteiger charge is 2.54. The Labute approximate surface area is 143 Å². The van der Waals surface area contributed by atoms with Gasteiger partial charge in [0.15, 0.2) is 11.5 Å². The predicted octanol–water partition coefficient (Wildman–Crippen LogP) is 2.89. The van der Waals surface area contributed by atoms with Crippen LogP contribution in [0.3, 0.4) is 0 Å². The van der Waals surface area contributed by atoms with Crippen molar-refractivity contribution in [2.75, 3.05) is 13.4 Å².